The van der Waals surface area contributed by atoms with Gasteiger partial charge >= 0.3 is 132 Å². The van der Waals surface area contributed by atoms with Gasteiger partial charge in [0.2, 0.25) is 0 Å². The van der Waals surface area contributed by atoms with Gasteiger partial charge in [-0.25, -0.2) is 0 Å². The number of nitrogens with zero attached hydrogens (tertiary/aromatic N) is 5. The summed E-state index contributed by atoms with van der Waals surface area (Å²) >= 11 is 18.7. The Labute approximate surface area is 545 Å². The van der Waals surface area contributed by atoms with Gasteiger partial charge in [-0.3, -0.25) is 34.4 Å². The number of hydrogen-bond donors (Lipinski definition) is 3. The van der Waals surface area contributed by atoms with Crippen LogP contribution in [-0.2, 0) is 47.3 Å². The van der Waals surface area contributed by atoms with Crippen LogP contribution >= 0.6 is 75.3 Å². The molecule has 0 spiro atoms. The molecule has 2 aliphatic rings. The molecule has 0 bridgehead atoms. The van der Waals surface area contributed by atoms with Crippen LogP contribution in [-0.4, -0.2) is 87.5 Å². The van der Waals surface area contributed by atoms with E-state index >= 15 is 0 Å². The third kappa shape index (κ3) is 43.5. The van der Waals surface area contributed by atoms with Crippen LogP contribution in [0.4, 0.5) is 0 Å². The second kappa shape index (κ2) is 55.0. The molecule has 2 saturated heterocycles. The van der Waals surface area contributed by atoms with Crippen LogP contribution in [0.2, 0.25) is 0 Å². The van der Waals surface area contributed by atoms with Crippen molar-refractivity contribution < 1.29 is 184 Å². The standard InChI is InChI=1S/C13H19BrN2.C7H15N.C6H5BrClN.C6H6BrNO.C6H4BrNO.C2H5.CH2O3.CH4O.B.2K.Na.V.2H/c1-10-4-3-5-11(2)16(10)9-12-6-13(14)8-15-7-12;1-6-4-3-5-7(2)8-6;7-6-1-5(2-8)3-9-4-6;2*7-6-1-5(4-9)2-8-3-6;1-2;2-1-4-3;1-2;;;;;;;/h6-8,10-11H,3-5,9H2,1-2H3;6-8H,3-5H2,1-2H3;1,3-4H,2H2;1-3,9H,4H2;1-4H;1H2,2H3;1,3H;2H,1H3;;;;;;;/q;;;;;-1;;;;3*+1;;2*-1/p-1/t10-,11+;6-,7+;;;;;;;;;;;;;. The van der Waals surface area contributed by atoms with Gasteiger partial charge in [0.15, 0.2) is 6.29 Å². The molecule has 4 radical (unpaired) electrons. The van der Waals surface area contributed by atoms with Crippen LogP contribution in [0.5, 0.6) is 0 Å². The molecule has 22 heteroatoms. The average molecular weight is 1260 g/mol. The number of piperidine rings is 2. The van der Waals surface area contributed by atoms with Crippen molar-refractivity contribution >= 4 is 96.5 Å². The van der Waals surface area contributed by atoms with Gasteiger partial charge in [0.1, 0.15) is 0 Å². The molecule has 6 rings (SSSR count). The number of nitrogens with one attached hydrogen (secondary N) is 1. The summed E-state index contributed by atoms with van der Waals surface area (Å²) in [5.41, 5.74) is 3.75. The number of rotatable bonds is 6. The first-order chi connectivity index (χ1) is 28.3. The van der Waals surface area contributed by atoms with Crippen molar-refractivity contribution in [3.63, 3.8) is 0 Å². The van der Waals surface area contributed by atoms with Crippen LogP contribution < -0.4 is 143 Å². The summed E-state index contributed by atoms with van der Waals surface area (Å²) in [4.78, 5) is 39.7. The van der Waals surface area contributed by atoms with Gasteiger partial charge in [0, 0.05) is 144 Å². The molecule has 3 N–H and O–H groups in total. The normalized spacial score (nSPS) is 16.2. The predicted molar refractivity (Wildman–Crippen MR) is 257 cm³/mol. The summed E-state index contributed by atoms with van der Waals surface area (Å²) in [5, 5.41) is 27.5. The van der Waals surface area contributed by atoms with Gasteiger partial charge < -0.3 is 35.5 Å². The minimum absolute atomic E-state index is 0. The molecule has 64 heavy (non-hydrogen) atoms. The van der Waals surface area contributed by atoms with Crippen molar-refractivity contribution in [2.24, 2.45) is 0 Å². The molecule has 4 atom stereocenters. The Morgan fingerprint density at radius 1 is 0.750 bits per heavy atom. The van der Waals surface area contributed by atoms with Gasteiger partial charge in [0.05, 0.1) is 6.61 Å². The molecule has 0 amide bonds. The summed E-state index contributed by atoms with van der Waals surface area (Å²) in [6.07, 6.45) is 22.7. The van der Waals surface area contributed by atoms with Crippen LogP contribution in [0.25, 0.3) is 0 Å². The third-order valence-electron chi connectivity index (χ3n) is 8.11. The molecular formula is C42H61BBr4ClK2N6NaO6V-. The number of halogens is 5. The number of aromatic nitrogens is 4. The number of aliphatic hydroxyl groups is 2. The molecule has 0 aliphatic carbocycles. The maximum atomic E-state index is 10.1. The average Bonchev–Trinajstić information content (AvgIpc) is 3.24. The van der Waals surface area contributed by atoms with E-state index in [1.807, 2.05) is 24.5 Å². The van der Waals surface area contributed by atoms with E-state index in [2.05, 4.69) is 139 Å². The van der Waals surface area contributed by atoms with E-state index in [1.54, 1.807) is 44.0 Å². The smallest absolute Gasteiger partial charge is 1.00 e. The SMILES string of the molecule is CO.C[C@@H]1CCC[C@H](C)N1.C[C@@H]1CCC[C@H](C)N1Cc1cncc(Br)c1.ClCc1cncc(Br)c1.O=CO[O-].O=Cc1cncc(Br)c1.OCc1cncc(Br)c1.[B].[CH2-]C.[H-].[H-].[K+].[K+].[Na+].[V]. The van der Waals surface area contributed by atoms with Crippen molar-refractivity contribution in [3.8, 4) is 0 Å². The van der Waals surface area contributed by atoms with Gasteiger partial charge in [-0.05, 0) is 158 Å². The van der Waals surface area contributed by atoms with Gasteiger partial charge in [-0.2, -0.15) is 6.92 Å². The minimum Gasteiger partial charge on any atom is -1.00 e. The Hall–Kier alpha value is 2.67. The van der Waals surface area contributed by atoms with Crippen LogP contribution in [0.15, 0.2) is 91.7 Å². The minimum atomic E-state index is -0.181. The van der Waals surface area contributed by atoms with E-state index in [0.29, 0.717) is 23.5 Å². The zero-order chi connectivity index (χ0) is 45.0. The number of aliphatic hydroxyl groups excluding tert-OH is 2. The van der Waals surface area contributed by atoms with E-state index in [1.165, 1.54) is 50.3 Å². The quantitative estimate of drug-likeness (QED) is 0.0610. The Morgan fingerprint density at radius 3 is 1.41 bits per heavy atom. The summed E-state index contributed by atoms with van der Waals surface area (Å²) in [6.45, 7) is 15.1. The molecule has 4 aromatic heterocycles. The molecule has 0 saturated carbocycles. The Bertz CT molecular complexity index is 1640. The van der Waals surface area contributed by atoms with E-state index in [-0.39, 0.29) is 175 Å². The van der Waals surface area contributed by atoms with Crippen LogP contribution in [0, 0.1) is 6.92 Å². The monoisotopic (exact) mass is 1260 g/mol. The number of aldehydes is 1. The fourth-order valence-corrected chi connectivity index (χ4v) is 7.25. The number of alkyl halides is 1. The molecular weight excluding hydrogens is 1200 g/mol. The molecule has 4 aromatic rings. The fourth-order valence-electron chi connectivity index (χ4n) is 5.49. The summed E-state index contributed by atoms with van der Waals surface area (Å²) in [6, 6.07) is 10.6. The van der Waals surface area contributed by atoms with Gasteiger partial charge in [-0.1, -0.05) is 12.8 Å². The Kier molecular flexibility index (Phi) is 69.4. The van der Waals surface area contributed by atoms with E-state index < -0.39 is 0 Å². The predicted octanol–water partition coefficient (Wildman–Crippen LogP) is 0.457. The summed E-state index contributed by atoms with van der Waals surface area (Å²) in [7, 11) is 1.00. The Morgan fingerprint density at radius 2 is 1.11 bits per heavy atom. The van der Waals surface area contributed by atoms with Crippen molar-refractivity contribution in [1.82, 2.24) is 30.2 Å². The topological polar surface area (TPSA) is 174 Å². The van der Waals surface area contributed by atoms with Crippen molar-refractivity contribution in [2.45, 2.75) is 116 Å². The molecule has 6 heterocycles. The second-order valence-electron chi connectivity index (χ2n) is 12.8. The van der Waals surface area contributed by atoms with Crippen molar-refractivity contribution in [1.29, 1.82) is 0 Å². The first-order valence-electron chi connectivity index (χ1n) is 18.8. The van der Waals surface area contributed by atoms with E-state index in [9.17, 15) is 4.79 Å². The molecule has 2 fully saturated rings. The van der Waals surface area contributed by atoms with Crippen molar-refractivity contribution in [2.75, 3.05) is 7.11 Å². The Balaban J connectivity index is -0.0000000840. The first kappa shape index (κ1) is 80.8. The largest absolute Gasteiger partial charge is 1.00 e. The molecule has 342 valence electrons. The van der Waals surface area contributed by atoms with Crippen LogP contribution in [0.1, 0.15) is 103 Å². The zero-order valence-electron chi connectivity index (χ0n) is 40.6. The van der Waals surface area contributed by atoms with Crippen LogP contribution in [0.3, 0.4) is 0 Å². The first-order valence-corrected chi connectivity index (χ1v) is 22.5. The van der Waals surface area contributed by atoms with Gasteiger partial charge in [0.25, 0.3) is 6.47 Å². The molecule has 0 unspecified atom stereocenters. The summed E-state index contributed by atoms with van der Waals surface area (Å²) in [5.74, 6) is 0.520. The molecule has 12 nitrogen and oxygen atoms in total. The van der Waals surface area contributed by atoms with E-state index in [4.69, 9.17) is 31.9 Å². The summed E-state index contributed by atoms with van der Waals surface area (Å²) < 4.78 is 3.77. The number of carbonyl (C=O) groups excluding carboxylic acids is 2. The van der Waals surface area contributed by atoms with Gasteiger partial charge in [-0.15, -0.1) is 11.6 Å². The number of pyridine rings is 4. The maximum Gasteiger partial charge on any atom is 1.00 e. The number of hydrogen-bond acceptors (Lipinski definition) is 12. The second-order valence-corrected chi connectivity index (χ2v) is 16.7. The third-order valence-corrected chi connectivity index (χ3v) is 10.2. The molecule has 0 aromatic carbocycles. The number of likely N-dealkylation sites (tertiary alicyclic amines) is 1. The molecule has 2 aliphatic heterocycles. The van der Waals surface area contributed by atoms with E-state index in [0.717, 1.165) is 61.0 Å². The maximum absolute atomic E-state index is 10.1. The van der Waals surface area contributed by atoms with Crippen molar-refractivity contribution in [3.05, 3.63) is 121 Å². The number of carbonyl (C=O) groups is 2. The fraction of sp³-hybridized carbons (Fsp3) is 0.452. The zero-order valence-corrected chi connectivity index (χ0v) is 55.4.